The zero-order valence-electron chi connectivity index (χ0n) is 18.1. The molecule has 0 aromatic carbocycles. The number of nitrogens with zero attached hydrogens (tertiary/aromatic N) is 4. The minimum atomic E-state index is -0.0902. The maximum atomic E-state index is 12.9. The number of hydrogen-bond acceptors (Lipinski definition) is 5. The van der Waals surface area contributed by atoms with Gasteiger partial charge in [0.2, 0.25) is 11.8 Å². The maximum Gasteiger partial charge on any atom is 0.227 e. The van der Waals surface area contributed by atoms with Gasteiger partial charge in [-0.2, -0.15) is 5.10 Å². The zero-order chi connectivity index (χ0) is 20.8. The molecular weight excluding hydrogens is 370 g/mol. The van der Waals surface area contributed by atoms with E-state index in [-0.39, 0.29) is 17.7 Å². The Morgan fingerprint density at radius 3 is 2.72 bits per heavy atom. The van der Waals surface area contributed by atoms with Gasteiger partial charge in [-0.15, -0.1) is 0 Å². The molecule has 2 saturated heterocycles. The molecule has 1 unspecified atom stereocenters. The third kappa shape index (κ3) is 5.79. The van der Waals surface area contributed by atoms with Crippen LogP contribution in [0, 0.1) is 19.8 Å². The molecule has 2 fully saturated rings. The molecule has 162 valence electrons. The predicted molar refractivity (Wildman–Crippen MR) is 111 cm³/mol. The summed E-state index contributed by atoms with van der Waals surface area (Å²) in [4.78, 5) is 31.4. The van der Waals surface area contributed by atoms with E-state index in [4.69, 9.17) is 4.74 Å². The highest BCUT2D eigenvalue weighted by Crippen LogP contribution is 2.20. The molecule has 0 radical (unpaired) electrons. The fraction of sp³-hybridized carbons (Fsp3) is 0.762. The summed E-state index contributed by atoms with van der Waals surface area (Å²) in [5.74, 6) is 0.241. The molecule has 0 saturated carbocycles. The van der Waals surface area contributed by atoms with E-state index in [2.05, 4.69) is 15.1 Å². The number of ether oxygens (including phenoxy) is 1. The van der Waals surface area contributed by atoms with Gasteiger partial charge in [0.1, 0.15) is 0 Å². The Morgan fingerprint density at radius 1 is 1.28 bits per heavy atom. The lowest BCUT2D eigenvalue weighted by molar-refractivity contribution is -0.142. The minimum absolute atomic E-state index is 0.0902. The molecule has 2 aliphatic rings. The van der Waals surface area contributed by atoms with Crippen LogP contribution in [0.15, 0.2) is 0 Å². The predicted octanol–water partition coefficient (Wildman–Crippen LogP) is 0.988. The quantitative estimate of drug-likeness (QED) is 0.698. The topological polar surface area (TPSA) is 81.8 Å². The van der Waals surface area contributed by atoms with Crippen LogP contribution in [0.3, 0.4) is 0 Å². The van der Waals surface area contributed by atoms with Gasteiger partial charge < -0.3 is 14.5 Å². The molecule has 1 aromatic rings. The molecule has 8 heteroatoms. The van der Waals surface area contributed by atoms with Gasteiger partial charge in [0.05, 0.1) is 24.8 Å². The van der Waals surface area contributed by atoms with Crippen molar-refractivity contribution in [3.8, 4) is 0 Å². The number of nitrogens with one attached hydrogen (secondary N) is 1. The van der Waals surface area contributed by atoms with E-state index in [9.17, 15) is 9.59 Å². The van der Waals surface area contributed by atoms with Crippen LogP contribution in [0.1, 0.15) is 36.2 Å². The van der Waals surface area contributed by atoms with E-state index < -0.39 is 0 Å². The van der Waals surface area contributed by atoms with Crippen LogP contribution < -0.4 is 0 Å². The van der Waals surface area contributed by atoms with Crippen LogP contribution in [0.2, 0.25) is 0 Å². The average Bonchev–Trinajstić information content (AvgIpc) is 3.05. The molecule has 3 heterocycles. The Labute approximate surface area is 173 Å². The van der Waals surface area contributed by atoms with E-state index in [0.717, 1.165) is 63.6 Å². The van der Waals surface area contributed by atoms with Crippen molar-refractivity contribution in [1.82, 2.24) is 24.9 Å². The summed E-state index contributed by atoms with van der Waals surface area (Å²) in [5.41, 5.74) is 3.25. The molecule has 0 bridgehead atoms. The number of aromatic nitrogens is 2. The standard InChI is InChI=1S/C21H35N5O3/c1-16-19(17(2)23-22-16)7-10-24(3)21(28)18-5-6-20(27)26(15-18)9-4-8-25-11-13-29-14-12-25/h18H,4-15H2,1-3H3,(H,22,23). The first-order valence-corrected chi connectivity index (χ1v) is 10.8. The largest absolute Gasteiger partial charge is 0.379 e. The van der Waals surface area contributed by atoms with Crippen molar-refractivity contribution in [3.05, 3.63) is 17.0 Å². The van der Waals surface area contributed by atoms with Gasteiger partial charge in [-0.1, -0.05) is 0 Å². The van der Waals surface area contributed by atoms with Crippen LogP contribution in [0.5, 0.6) is 0 Å². The van der Waals surface area contributed by atoms with E-state index in [1.54, 1.807) is 0 Å². The number of rotatable bonds is 8. The second-order valence-corrected chi connectivity index (χ2v) is 8.31. The lowest BCUT2D eigenvalue weighted by atomic mass is 9.95. The van der Waals surface area contributed by atoms with Gasteiger partial charge in [-0.3, -0.25) is 19.6 Å². The van der Waals surface area contributed by atoms with Crippen molar-refractivity contribution in [2.24, 2.45) is 5.92 Å². The van der Waals surface area contributed by atoms with Crippen LogP contribution in [0.25, 0.3) is 0 Å². The monoisotopic (exact) mass is 405 g/mol. The van der Waals surface area contributed by atoms with Crippen molar-refractivity contribution in [1.29, 1.82) is 0 Å². The van der Waals surface area contributed by atoms with Crippen LogP contribution in [-0.4, -0.2) is 96.2 Å². The number of amides is 2. The number of likely N-dealkylation sites (N-methyl/N-ethyl adjacent to an activating group) is 1. The lowest BCUT2D eigenvalue weighted by Crippen LogP contribution is -2.47. The highest BCUT2D eigenvalue weighted by molar-refractivity contribution is 5.83. The van der Waals surface area contributed by atoms with Gasteiger partial charge in [0.25, 0.3) is 0 Å². The Morgan fingerprint density at radius 2 is 2.03 bits per heavy atom. The minimum Gasteiger partial charge on any atom is -0.379 e. The van der Waals surface area contributed by atoms with E-state index in [0.29, 0.717) is 25.9 Å². The first kappa shape index (κ1) is 21.8. The number of hydrogen-bond donors (Lipinski definition) is 1. The number of morpholine rings is 1. The molecule has 1 N–H and O–H groups in total. The van der Waals surface area contributed by atoms with Gasteiger partial charge in [0, 0.05) is 58.4 Å². The van der Waals surface area contributed by atoms with Crippen molar-refractivity contribution >= 4 is 11.8 Å². The summed E-state index contributed by atoms with van der Waals surface area (Å²) in [7, 11) is 1.87. The molecular formula is C21H35N5O3. The van der Waals surface area contributed by atoms with Crippen LogP contribution in [0.4, 0.5) is 0 Å². The number of aryl methyl sites for hydroxylation is 2. The zero-order valence-corrected chi connectivity index (χ0v) is 18.1. The number of H-pyrrole nitrogens is 1. The Hall–Kier alpha value is -1.93. The summed E-state index contributed by atoms with van der Waals surface area (Å²) in [6, 6.07) is 0. The van der Waals surface area contributed by atoms with Crippen molar-refractivity contribution in [3.63, 3.8) is 0 Å². The highest BCUT2D eigenvalue weighted by atomic mass is 16.5. The Balaban J connectivity index is 1.45. The summed E-state index contributed by atoms with van der Waals surface area (Å²) >= 11 is 0. The summed E-state index contributed by atoms with van der Waals surface area (Å²) in [6.07, 6.45) is 2.88. The summed E-state index contributed by atoms with van der Waals surface area (Å²) in [6.45, 7) is 10.5. The van der Waals surface area contributed by atoms with Gasteiger partial charge in [-0.25, -0.2) is 0 Å². The number of carbonyl (C=O) groups excluding carboxylic acids is 2. The molecule has 29 heavy (non-hydrogen) atoms. The molecule has 1 aromatic heterocycles. The first-order valence-electron chi connectivity index (χ1n) is 10.8. The Kier molecular flexibility index (Phi) is 7.66. The van der Waals surface area contributed by atoms with Crippen LogP contribution in [-0.2, 0) is 20.7 Å². The number of aromatic amines is 1. The van der Waals surface area contributed by atoms with Gasteiger partial charge in [0.15, 0.2) is 0 Å². The van der Waals surface area contributed by atoms with Crippen LogP contribution >= 0.6 is 0 Å². The lowest BCUT2D eigenvalue weighted by Gasteiger charge is -2.34. The number of likely N-dealkylation sites (tertiary alicyclic amines) is 1. The SMILES string of the molecule is Cc1n[nH]c(C)c1CCN(C)C(=O)C1CCC(=O)N(CCCN2CCOCC2)C1. The van der Waals surface area contributed by atoms with Gasteiger partial charge >= 0.3 is 0 Å². The second kappa shape index (κ2) is 10.2. The fourth-order valence-electron chi connectivity index (χ4n) is 4.29. The Bertz CT molecular complexity index is 679. The summed E-state index contributed by atoms with van der Waals surface area (Å²) in [5, 5.41) is 7.23. The smallest absolute Gasteiger partial charge is 0.227 e. The first-order chi connectivity index (χ1) is 14.0. The maximum absolute atomic E-state index is 12.9. The fourth-order valence-corrected chi connectivity index (χ4v) is 4.29. The molecule has 2 amide bonds. The molecule has 2 aliphatic heterocycles. The molecule has 1 atom stereocenters. The molecule has 3 rings (SSSR count). The number of piperidine rings is 1. The molecule has 0 aliphatic carbocycles. The molecule has 0 spiro atoms. The third-order valence-electron chi connectivity index (χ3n) is 6.21. The van der Waals surface area contributed by atoms with Gasteiger partial charge in [-0.05, 0) is 38.7 Å². The third-order valence-corrected chi connectivity index (χ3v) is 6.21. The van der Waals surface area contributed by atoms with E-state index >= 15 is 0 Å². The second-order valence-electron chi connectivity index (χ2n) is 8.31. The van der Waals surface area contributed by atoms with Crippen molar-refractivity contribution in [2.45, 2.75) is 39.5 Å². The highest BCUT2D eigenvalue weighted by Gasteiger charge is 2.31. The van der Waals surface area contributed by atoms with E-state index in [1.807, 2.05) is 30.7 Å². The van der Waals surface area contributed by atoms with Crippen molar-refractivity contribution in [2.75, 3.05) is 59.5 Å². The number of carbonyl (C=O) groups is 2. The van der Waals surface area contributed by atoms with Crippen molar-refractivity contribution < 1.29 is 14.3 Å². The normalized spacial score (nSPS) is 20.9. The average molecular weight is 406 g/mol. The molecule has 8 nitrogen and oxygen atoms in total. The summed E-state index contributed by atoms with van der Waals surface area (Å²) < 4.78 is 5.38. The van der Waals surface area contributed by atoms with E-state index in [1.165, 1.54) is 5.56 Å².